The number of benzene rings is 1. The number of nitrogens with zero attached hydrogens (tertiary/aromatic N) is 2. The Morgan fingerprint density at radius 2 is 2.23 bits per heavy atom. The first-order valence-electron chi connectivity index (χ1n) is 7.91. The third-order valence-electron chi connectivity index (χ3n) is 4.14. The van der Waals surface area contributed by atoms with E-state index in [0.717, 1.165) is 25.8 Å². The number of fused-ring (bicyclic) bond motifs is 1. The second-order valence-electron chi connectivity index (χ2n) is 5.70. The summed E-state index contributed by atoms with van der Waals surface area (Å²) >= 11 is 0. The molecule has 3 rings (SSSR count). The molecule has 22 heavy (non-hydrogen) atoms. The molecule has 5 heteroatoms. The van der Waals surface area contributed by atoms with Crippen LogP contribution in [0.3, 0.4) is 0 Å². The zero-order valence-electron chi connectivity index (χ0n) is 12.7. The lowest BCUT2D eigenvalue weighted by Crippen LogP contribution is -2.39. The number of hydrogen-bond acceptors (Lipinski definition) is 2. The summed E-state index contributed by atoms with van der Waals surface area (Å²) in [5.74, 6) is 0. The lowest BCUT2D eigenvalue weighted by molar-refractivity contribution is 0.236. The van der Waals surface area contributed by atoms with E-state index in [1.54, 1.807) is 12.5 Å². The average Bonchev–Trinajstić information content (AvgIpc) is 2.96. The number of nitrogens with one attached hydrogen (secondary N) is 2. The van der Waals surface area contributed by atoms with Crippen LogP contribution in [0.25, 0.3) is 0 Å². The molecule has 0 radical (unpaired) electrons. The standard InChI is InChI=1S/C17H22N4O/c22-17(19-10-12-21-11-9-18-13-21)20-16-8-4-2-6-14-5-1-3-7-15(14)16/h1,3,5,7,9,11,13,16H,2,4,6,8,10,12H2,(H2,19,20,22)/t16-/m1/s1. The molecule has 1 heterocycles. The van der Waals surface area contributed by atoms with E-state index in [1.165, 1.54) is 17.5 Å². The number of carbonyl (C=O) groups is 1. The summed E-state index contributed by atoms with van der Waals surface area (Å²) in [6.07, 6.45) is 9.83. The van der Waals surface area contributed by atoms with Gasteiger partial charge in [-0.05, 0) is 30.4 Å². The molecule has 5 nitrogen and oxygen atoms in total. The molecule has 0 aliphatic heterocycles. The molecule has 1 aromatic heterocycles. The Hall–Kier alpha value is -2.30. The van der Waals surface area contributed by atoms with Crippen molar-refractivity contribution in [2.24, 2.45) is 0 Å². The third kappa shape index (κ3) is 3.67. The molecule has 2 amide bonds. The molecule has 1 aromatic carbocycles. The van der Waals surface area contributed by atoms with Crippen LogP contribution in [0.1, 0.15) is 36.4 Å². The Bertz CT molecular complexity index is 609. The van der Waals surface area contributed by atoms with E-state index in [1.807, 2.05) is 10.8 Å². The number of urea groups is 1. The number of amides is 2. The summed E-state index contributed by atoms with van der Waals surface area (Å²) in [5, 5.41) is 6.04. The van der Waals surface area contributed by atoms with Gasteiger partial charge in [0.1, 0.15) is 0 Å². The number of rotatable bonds is 4. The summed E-state index contributed by atoms with van der Waals surface area (Å²) in [6, 6.07) is 8.46. The second kappa shape index (κ2) is 7.11. The van der Waals surface area contributed by atoms with E-state index in [0.29, 0.717) is 6.54 Å². The quantitative estimate of drug-likeness (QED) is 0.853. The highest BCUT2D eigenvalue weighted by Gasteiger charge is 2.19. The molecule has 0 unspecified atom stereocenters. The van der Waals surface area contributed by atoms with Gasteiger partial charge in [-0.3, -0.25) is 0 Å². The predicted molar refractivity (Wildman–Crippen MR) is 85.5 cm³/mol. The van der Waals surface area contributed by atoms with E-state index in [2.05, 4.69) is 39.9 Å². The van der Waals surface area contributed by atoms with Crippen molar-refractivity contribution in [3.63, 3.8) is 0 Å². The van der Waals surface area contributed by atoms with Gasteiger partial charge in [0.25, 0.3) is 0 Å². The van der Waals surface area contributed by atoms with Crippen LogP contribution in [0, 0.1) is 0 Å². The molecule has 116 valence electrons. The Balaban J connectivity index is 1.54. The fourth-order valence-corrected chi connectivity index (χ4v) is 3.00. The zero-order valence-corrected chi connectivity index (χ0v) is 12.7. The number of carbonyl (C=O) groups excluding carboxylic acids is 1. The predicted octanol–water partition coefficient (Wildman–Crippen LogP) is 2.65. The van der Waals surface area contributed by atoms with Gasteiger partial charge in [0, 0.05) is 25.5 Å². The lowest BCUT2D eigenvalue weighted by atomic mass is 9.99. The van der Waals surface area contributed by atoms with Crippen molar-refractivity contribution >= 4 is 6.03 Å². The summed E-state index contributed by atoms with van der Waals surface area (Å²) < 4.78 is 1.95. The fourth-order valence-electron chi connectivity index (χ4n) is 3.00. The minimum atomic E-state index is -0.0955. The molecule has 0 bridgehead atoms. The van der Waals surface area contributed by atoms with E-state index in [-0.39, 0.29) is 12.1 Å². The fraction of sp³-hybridized carbons (Fsp3) is 0.412. The van der Waals surface area contributed by atoms with Gasteiger partial charge in [-0.2, -0.15) is 0 Å². The van der Waals surface area contributed by atoms with Gasteiger partial charge in [-0.25, -0.2) is 9.78 Å². The number of aryl methyl sites for hydroxylation is 1. The summed E-state index contributed by atoms with van der Waals surface area (Å²) in [6.45, 7) is 1.32. The van der Waals surface area contributed by atoms with Gasteiger partial charge >= 0.3 is 6.03 Å². The molecule has 0 fully saturated rings. The van der Waals surface area contributed by atoms with Gasteiger partial charge < -0.3 is 15.2 Å². The molecule has 1 aliphatic carbocycles. The maximum Gasteiger partial charge on any atom is 0.315 e. The van der Waals surface area contributed by atoms with E-state index in [9.17, 15) is 4.79 Å². The summed E-state index contributed by atoms with van der Waals surface area (Å²) in [7, 11) is 0. The van der Waals surface area contributed by atoms with Crippen LogP contribution in [0.2, 0.25) is 0 Å². The molecule has 0 saturated carbocycles. The van der Waals surface area contributed by atoms with Gasteiger partial charge in [0.05, 0.1) is 12.4 Å². The van der Waals surface area contributed by atoms with Crippen LogP contribution >= 0.6 is 0 Å². The maximum atomic E-state index is 12.1. The Morgan fingerprint density at radius 1 is 1.32 bits per heavy atom. The molecule has 2 N–H and O–H groups in total. The van der Waals surface area contributed by atoms with Crippen molar-refractivity contribution in [1.29, 1.82) is 0 Å². The first kappa shape index (κ1) is 14.6. The molecule has 2 aromatic rings. The minimum absolute atomic E-state index is 0.0955. The van der Waals surface area contributed by atoms with Crippen molar-refractivity contribution in [3.8, 4) is 0 Å². The van der Waals surface area contributed by atoms with Crippen LogP contribution in [-0.2, 0) is 13.0 Å². The Kier molecular flexibility index (Phi) is 4.73. The smallest absolute Gasteiger partial charge is 0.315 e. The van der Waals surface area contributed by atoms with Crippen LogP contribution in [0.4, 0.5) is 4.79 Å². The van der Waals surface area contributed by atoms with Crippen LogP contribution in [-0.4, -0.2) is 22.1 Å². The highest BCUT2D eigenvalue weighted by molar-refractivity contribution is 5.74. The van der Waals surface area contributed by atoms with E-state index >= 15 is 0 Å². The molecule has 1 aliphatic rings. The lowest BCUT2D eigenvalue weighted by Gasteiger charge is -2.19. The van der Waals surface area contributed by atoms with Gasteiger partial charge in [-0.15, -0.1) is 0 Å². The highest BCUT2D eigenvalue weighted by atomic mass is 16.2. The normalized spacial score (nSPS) is 17.4. The maximum absolute atomic E-state index is 12.1. The van der Waals surface area contributed by atoms with Gasteiger partial charge in [0.15, 0.2) is 0 Å². The minimum Gasteiger partial charge on any atom is -0.336 e. The SMILES string of the molecule is O=C(NCCn1ccnc1)N[C@@H]1CCCCc2ccccc21. The van der Waals surface area contributed by atoms with E-state index in [4.69, 9.17) is 0 Å². The number of hydrogen-bond donors (Lipinski definition) is 2. The van der Waals surface area contributed by atoms with Crippen molar-refractivity contribution < 1.29 is 4.79 Å². The highest BCUT2D eigenvalue weighted by Crippen LogP contribution is 2.28. The van der Waals surface area contributed by atoms with Crippen LogP contribution < -0.4 is 10.6 Å². The second-order valence-corrected chi connectivity index (χ2v) is 5.70. The zero-order chi connectivity index (χ0) is 15.2. The molecular formula is C17H22N4O. The third-order valence-corrected chi connectivity index (χ3v) is 4.14. The van der Waals surface area contributed by atoms with Crippen molar-refractivity contribution in [1.82, 2.24) is 20.2 Å². The van der Waals surface area contributed by atoms with Crippen molar-refractivity contribution in [2.75, 3.05) is 6.54 Å². The Morgan fingerprint density at radius 3 is 3.09 bits per heavy atom. The van der Waals surface area contributed by atoms with Crippen molar-refractivity contribution in [3.05, 3.63) is 54.1 Å². The summed E-state index contributed by atoms with van der Waals surface area (Å²) in [5.41, 5.74) is 2.63. The first-order valence-corrected chi connectivity index (χ1v) is 7.91. The number of imidazole rings is 1. The van der Waals surface area contributed by atoms with Crippen molar-refractivity contribution in [2.45, 2.75) is 38.3 Å². The topological polar surface area (TPSA) is 59.0 Å². The first-order chi connectivity index (χ1) is 10.8. The molecule has 0 spiro atoms. The average molecular weight is 298 g/mol. The molecule has 1 atom stereocenters. The molecule has 0 saturated heterocycles. The monoisotopic (exact) mass is 298 g/mol. The van der Waals surface area contributed by atoms with Gasteiger partial charge in [0.2, 0.25) is 0 Å². The van der Waals surface area contributed by atoms with Gasteiger partial charge in [-0.1, -0.05) is 30.7 Å². The molecular weight excluding hydrogens is 276 g/mol. The van der Waals surface area contributed by atoms with E-state index < -0.39 is 0 Å². The largest absolute Gasteiger partial charge is 0.336 e. The summed E-state index contributed by atoms with van der Waals surface area (Å²) in [4.78, 5) is 16.1. The Labute approximate surface area is 130 Å². The van der Waals surface area contributed by atoms with Crippen LogP contribution in [0.5, 0.6) is 0 Å². The number of aromatic nitrogens is 2. The van der Waals surface area contributed by atoms with Crippen LogP contribution in [0.15, 0.2) is 43.0 Å².